The zero-order valence-electron chi connectivity index (χ0n) is 12.8. The van der Waals surface area contributed by atoms with Crippen LogP contribution in [0.1, 0.15) is 48.0 Å². The Morgan fingerprint density at radius 2 is 2.05 bits per heavy atom. The van der Waals surface area contributed by atoms with Gasteiger partial charge in [0.05, 0.1) is 19.3 Å². The van der Waals surface area contributed by atoms with Crippen LogP contribution in [0.15, 0.2) is 5.38 Å². The maximum Gasteiger partial charge on any atom is 0.367 e. The zero-order valence-corrected chi connectivity index (χ0v) is 13.7. The molecule has 0 saturated carbocycles. The minimum atomic E-state index is -0.503. The standard InChI is InChI=1S/C14H22N2O4S/c1-5-19-7-10(9(3)4)15-12(17)11-8-21-13(16-11)14(18)20-6-2/h8-10H,5-7H2,1-4H3,(H,15,17). The van der Waals surface area contributed by atoms with Crippen molar-refractivity contribution in [3.8, 4) is 0 Å². The van der Waals surface area contributed by atoms with Gasteiger partial charge >= 0.3 is 5.97 Å². The molecule has 6 nitrogen and oxygen atoms in total. The van der Waals surface area contributed by atoms with Crippen LogP contribution in [0.3, 0.4) is 0 Å². The average molecular weight is 314 g/mol. The predicted octanol–water partition coefficient (Wildman–Crippen LogP) is 2.11. The van der Waals surface area contributed by atoms with Gasteiger partial charge in [0, 0.05) is 12.0 Å². The van der Waals surface area contributed by atoms with E-state index in [4.69, 9.17) is 9.47 Å². The first-order valence-corrected chi connectivity index (χ1v) is 7.88. The summed E-state index contributed by atoms with van der Waals surface area (Å²) in [5.41, 5.74) is 0.227. The highest BCUT2D eigenvalue weighted by Crippen LogP contribution is 2.12. The highest BCUT2D eigenvalue weighted by atomic mass is 32.1. The number of rotatable bonds is 8. The van der Waals surface area contributed by atoms with Gasteiger partial charge in [-0.25, -0.2) is 9.78 Å². The number of amides is 1. The summed E-state index contributed by atoms with van der Waals surface area (Å²) in [6.45, 7) is 8.98. The summed E-state index contributed by atoms with van der Waals surface area (Å²) in [5.74, 6) is -0.569. The van der Waals surface area contributed by atoms with E-state index < -0.39 is 5.97 Å². The second-order valence-electron chi connectivity index (χ2n) is 4.74. The molecule has 0 spiro atoms. The Kier molecular flexibility index (Phi) is 7.31. The fraction of sp³-hybridized carbons (Fsp3) is 0.643. The topological polar surface area (TPSA) is 77.5 Å². The molecule has 118 valence electrons. The molecule has 0 aliphatic heterocycles. The Bertz CT molecular complexity index is 473. The van der Waals surface area contributed by atoms with E-state index in [0.29, 0.717) is 13.2 Å². The number of carbonyl (C=O) groups excluding carboxylic acids is 2. The number of hydrogen-bond acceptors (Lipinski definition) is 6. The summed E-state index contributed by atoms with van der Waals surface area (Å²) in [6.07, 6.45) is 0. The summed E-state index contributed by atoms with van der Waals surface area (Å²) in [5, 5.41) is 4.62. The van der Waals surface area contributed by atoms with Crippen molar-refractivity contribution < 1.29 is 19.1 Å². The smallest absolute Gasteiger partial charge is 0.367 e. The molecule has 1 heterocycles. The highest BCUT2D eigenvalue weighted by molar-refractivity contribution is 7.11. The van der Waals surface area contributed by atoms with E-state index >= 15 is 0 Å². The SMILES string of the molecule is CCOCC(NC(=O)c1csc(C(=O)OCC)n1)C(C)C. The summed E-state index contributed by atoms with van der Waals surface area (Å²) in [6, 6.07) is -0.0924. The average Bonchev–Trinajstić information content (AvgIpc) is 2.93. The quantitative estimate of drug-likeness (QED) is 0.744. The Balaban J connectivity index is 2.67. The van der Waals surface area contributed by atoms with Crippen LogP contribution in [0.4, 0.5) is 0 Å². The molecule has 0 bridgehead atoms. The van der Waals surface area contributed by atoms with Gasteiger partial charge in [0.25, 0.3) is 5.91 Å². The van der Waals surface area contributed by atoms with Crippen LogP contribution < -0.4 is 5.32 Å². The van der Waals surface area contributed by atoms with Gasteiger partial charge in [-0.3, -0.25) is 4.79 Å². The van der Waals surface area contributed by atoms with Gasteiger partial charge in [-0.2, -0.15) is 0 Å². The van der Waals surface area contributed by atoms with Gasteiger partial charge in [-0.1, -0.05) is 13.8 Å². The van der Waals surface area contributed by atoms with Crippen molar-refractivity contribution in [2.75, 3.05) is 19.8 Å². The second kappa shape index (κ2) is 8.74. The Hall–Kier alpha value is -1.47. The molecule has 7 heteroatoms. The van der Waals surface area contributed by atoms with E-state index in [0.717, 1.165) is 11.3 Å². The number of aromatic nitrogens is 1. The van der Waals surface area contributed by atoms with Gasteiger partial charge in [0.1, 0.15) is 5.69 Å². The van der Waals surface area contributed by atoms with Crippen LogP contribution in [0, 0.1) is 5.92 Å². The molecular weight excluding hydrogens is 292 g/mol. The van der Waals surface area contributed by atoms with Crippen molar-refractivity contribution >= 4 is 23.2 Å². The van der Waals surface area contributed by atoms with Crippen molar-refractivity contribution in [2.45, 2.75) is 33.7 Å². The second-order valence-corrected chi connectivity index (χ2v) is 5.60. The van der Waals surface area contributed by atoms with Crippen molar-refractivity contribution in [1.29, 1.82) is 0 Å². The highest BCUT2D eigenvalue weighted by Gasteiger charge is 2.20. The normalized spacial score (nSPS) is 12.2. The minimum absolute atomic E-state index is 0.0924. The first kappa shape index (κ1) is 17.6. The molecular formula is C14H22N2O4S. The van der Waals surface area contributed by atoms with Crippen molar-refractivity contribution in [1.82, 2.24) is 10.3 Å². The van der Waals surface area contributed by atoms with Gasteiger partial charge in [0.15, 0.2) is 0 Å². The van der Waals surface area contributed by atoms with E-state index in [1.54, 1.807) is 12.3 Å². The van der Waals surface area contributed by atoms with Crippen LogP contribution in [0.2, 0.25) is 0 Å². The molecule has 0 fully saturated rings. The third kappa shape index (κ3) is 5.43. The summed E-state index contributed by atoms with van der Waals surface area (Å²) < 4.78 is 10.2. The molecule has 1 atom stereocenters. The van der Waals surface area contributed by atoms with Crippen LogP contribution >= 0.6 is 11.3 Å². The molecule has 1 aromatic heterocycles. The van der Waals surface area contributed by atoms with Crippen LogP contribution in [-0.2, 0) is 9.47 Å². The molecule has 0 aliphatic rings. The Morgan fingerprint density at radius 3 is 2.62 bits per heavy atom. The zero-order chi connectivity index (χ0) is 15.8. The number of esters is 1. The fourth-order valence-electron chi connectivity index (χ4n) is 1.55. The van der Waals surface area contributed by atoms with Crippen molar-refractivity contribution in [2.24, 2.45) is 5.92 Å². The minimum Gasteiger partial charge on any atom is -0.461 e. The van der Waals surface area contributed by atoms with Crippen LogP contribution in [-0.4, -0.2) is 42.7 Å². The maximum atomic E-state index is 12.1. The molecule has 1 aromatic rings. The summed E-state index contributed by atoms with van der Waals surface area (Å²) in [7, 11) is 0. The van der Waals surface area contributed by atoms with Gasteiger partial charge in [0.2, 0.25) is 5.01 Å². The lowest BCUT2D eigenvalue weighted by Crippen LogP contribution is -2.42. The number of hydrogen-bond donors (Lipinski definition) is 1. The third-order valence-corrected chi connectivity index (χ3v) is 3.63. The number of ether oxygens (including phenoxy) is 2. The number of carbonyl (C=O) groups is 2. The summed E-state index contributed by atoms with van der Waals surface area (Å²) in [4.78, 5) is 27.7. The number of nitrogens with one attached hydrogen (secondary N) is 1. The van der Waals surface area contributed by atoms with Crippen molar-refractivity contribution in [3.05, 3.63) is 16.1 Å². The molecule has 1 unspecified atom stereocenters. The Labute approximate surface area is 128 Å². The third-order valence-electron chi connectivity index (χ3n) is 2.81. The van der Waals surface area contributed by atoms with Gasteiger partial charge in [-0.15, -0.1) is 11.3 Å². The monoisotopic (exact) mass is 314 g/mol. The molecule has 0 aliphatic carbocycles. The lowest BCUT2D eigenvalue weighted by molar-refractivity contribution is 0.0526. The lowest BCUT2D eigenvalue weighted by Gasteiger charge is -2.21. The fourth-order valence-corrected chi connectivity index (χ4v) is 2.24. The molecule has 21 heavy (non-hydrogen) atoms. The van der Waals surface area contributed by atoms with Crippen molar-refractivity contribution in [3.63, 3.8) is 0 Å². The Morgan fingerprint density at radius 1 is 1.33 bits per heavy atom. The first-order chi connectivity index (χ1) is 9.99. The molecule has 1 amide bonds. The van der Waals surface area contributed by atoms with Crippen LogP contribution in [0.5, 0.6) is 0 Å². The molecule has 0 radical (unpaired) electrons. The first-order valence-electron chi connectivity index (χ1n) is 7.00. The molecule has 0 aromatic carbocycles. The lowest BCUT2D eigenvalue weighted by atomic mass is 10.1. The predicted molar refractivity (Wildman–Crippen MR) is 80.7 cm³/mol. The van der Waals surface area contributed by atoms with E-state index in [9.17, 15) is 9.59 Å². The molecule has 1 N–H and O–H groups in total. The summed E-state index contributed by atoms with van der Waals surface area (Å²) >= 11 is 1.10. The van der Waals surface area contributed by atoms with E-state index in [1.807, 2.05) is 20.8 Å². The van der Waals surface area contributed by atoms with Gasteiger partial charge in [-0.05, 0) is 19.8 Å². The van der Waals surface area contributed by atoms with E-state index in [-0.39, 0.29) is 35.2 Å². The molecule has 1 rings (SSSR count). The maximum absolute atomic E-state index is 12.1. The number of thiazole rings is 1. The van der Waals surface area contributed by atoms with Crippen LogP contribution in [0.25, 0.3) is 0 Å². The largest absolute Gasteiger partial charge is 0.461 e. The number of nitrogens with zero attached hydrogens (tertiary/aromatic N) is 1. The van der Waals surface area contributed by atoms with Gasteiger partial charge < -0.3 is 14.8 Å². The van der Waals surface area contributed by atoms with E-state index in [2.05, 4.69) is 10.3 Å². The van der Waals surface area contributed by atoms with E-state index in [1.165, 1.54) is 0 Å². The molecule has 0 saturated heterocycles.